The molecule has 64 valence electrons. The summed E-state index contributed by atoms with van der Waals surface area (Å²) >= 11 is 0. The van der Waals surface area contributed by atoms with Gasteiger partial charge < -0.3 is 0 Å². The van der Waals surface area contributed by atoms with E-state index in [0.29, 0.717) is 0 Å². The maximum absolute atomic E-state index is 11.6. The molecule has 0 bridgehead atoms. The van der Waals surface area contributed by atoms with Gasteiger partial charge in [-0.05, 0) is 26.2 Å². The zero-order valence-corrected chi connectivity index (χ0v) is 7.52. The predicted molar refractivity (Wildman–Crippen MR) is 42.7 cm³/mol. The van der Waals surface area contributed by atoms with Gasteiger partial charge >= 0.3 is 0 Å². The van der Waals surface area contributed by atoms with Crippen LogP contribution in [-0.2, 0) is 10.0 Å². The molecule has 0 atom stereocenters. The Morgan fingerprint density at radius 3 is 2.09 bits per heavy atom. The largest absolute Gasteiger partial charge is 0.219 e. The minimum absolute atomic E-state index is 0.382. The summed E-state index contributed by atoms with van der Waals surface area (Å²) in [5, 5.41) is 0. The molecule has 0 unspecified atom stereocenters. The van der Waals surface area contributed by atoms with Gasteiger partial charge in [0, 0.05) is 13.1 Å². The fourth-order valence-corrected chi connectivity index (χ4v) is 3.25. The SMILES string of the molecule is CC1(S(=O)(=O)N2CCC2)CC1. The molecule has 2 aliphatic rings. The Hall–Kier alpha value is -0.0900. The number of sulfonamides is 1. The Morgan fingerprint density at radius 1 is 1.27 bits per heavy atom. The normalized spacial score (nSPS) is 29.5. The first-order valence-corrected chi connectivity index (χ1v) is 5.50. The first-order valence-electron chi connectivity index (χ1n) is 4.06. The Kier molecular flexibility index (Phi) is 1.36. The highest BCUT2D eigenvalue weighted by molar-refractivity contribution is 7.90. The summed E-state index contributed by atoms with van der Waals surface area (Å²) in [6.07, 6.45) is 2.74. The van der Waals surface area contributed by atoms with Crippen molar-refractivity contribution in [2.75, 3.05) is 13.1 Å². The second-order valence-electron chi connectivity index (χ2n) is 3.71. The van der Waals surface area contributed by atoms with Gasteiger partial charge in [0.1, 0.15) is 0 Å². The fraction of sp³-hybridized carbons (Fsp3) is 1.00. The van der Waals surface area contributed by atoms with Crippen LogP contribution in [0, 0.1) is 0 Å². The molecular weight excluding hydrogens is 162 g/mol. The van der Waals surface area contributed by atoms with E-state index in [9.17, 15) is 8.42 Å². The lowest BCUT2D eigenvalue weighted by Gasteiger charge is -2.32. The molecule has 1 saturated heterocycles. The summed E-state index contributed by atoms with van der Waals surface area (Å²) in [4.78, 5) is 0. The van der Waals surface area contributed by atoms with Gasteiger partial charge in [0.25, 0.3) is 0 Å². The molecule has 2 fully saturated rings. The zero-order valence-electron chi connectivity index (χ0n) is 6.71. The third kappa shape index (κ3) is 0.924. The standard InChI is InChI=1S/C7H13NO2S/c1-7(3-4-7)11(9,10)8-5-2-6-8/h2-6H2,1H3. The molecule has 4 heteroatoms. The van der Waals surface area contributed by atoms with E-state index in [2.05, 4.69) is 0 Å². The van der Waals surface area contributed by atoms with Crippen LogP contribution in [0.5, 0.6) is 0 Å². The number of hydrogen-bond acceptors (Lipinski definition) is 2. The van der Waals surface area contributed by atoms with E-state index >= 15 is 0 Å². The van der Waals surface area contributed by atoms with Crippen LogP contribution in [0.15, 0.2) is 0 Å². The van der Waals surface area contributed by atoms with Crippen LogP contribution in [0.1, 0.15) is 26.2 Å². The van der Waals surface area contributed by atoms with Crippen molar-refractivity contribution in [2.24, 2.45) is 0 Å². The molecular formula is C7H13NO2S. The monoisotopic (exact) mass is 175 g/mol. The Bertz CT molecular complexity index is 262. The summed E-state index contributed by atoms with van der Waals surface area (Å²) in [5.74, 6) is 0. The minimum atomic E-state index is -2.90. The molecule has 1 saturated carbocycles. The lowest BCUT2D eigenvalue weighted by Crippen LogP contribution is -2.46. The molecule has 0 N–H and O–H groups in total. The van der Waals surface area contributed by atoms with Gasteiger partial charge in [-0.1, -0.05) is 0 Å². The maximum atomic E-state index is 11.6. The van der Waals surface area contributed by atoms with Gasteiger partial charge in [0.2, 0.25) is 10.0 Å². The molecule has 1 heterocycles. The van der Waals surface area contributed by atoms with Crippen LogP contribution in [0.3, 0.4) is 0 Å². The van der Waals surface area contributed by atoms with Crippen molar-refractivity contribution >= 4 is 10.0 Å². The molecule has 0 radical (unpaired) electrons. The van der Waals surface area contributed by atoms with E-state index in [0.717, 1.165) is 32.4 Å². The summed E-state index contributed by atoms with van der Waals surface area (Å²) in [6.45, 7) is 3.34. The van der Waals surface area contributed by atoms with Crippen LogP contribution in [0.25, 0.3) is 0 Å². The van der Waals surface area contributed by atoms with Crippen LogP contribution < -0.4 is 0 Å². The third-order valence-corrected chi connectivity index (χ3v) is 5.43. The van der Waals surface area contributed by atoms with E-state index in [1.165, 1.54) is 0 Å². The molecule has 0 aromatic rings. The van der Waals surface area contributed by atoms with E-state index in [-0.39, 0.29) is 4.75 Å². The van der Waals surface area contributed by atoms with Crippen LogP contribution in [0.2, 0.25) is 0 Å². The lowest BCUT2D eigenvalue weighted by atomic mass is 10.3. The van der Waals surface area contributed by atoms with Crippen LogP contribution in [0.4, 0.5) is 0 Å². The second kappa shape index (κ2) is 1.98. The second-order valence-corrected chi connectivity index (χ2v) is 6.16. The summed E-state index contributed by atoms with van der Waals surface area (Å²) in [7, 11) is -2.90. The highest BCUT2D eigenvalue weighted by Crippen LogP contribution is 2.45. The van der Waals surface area contributed by atoms with Crippen LogP contribution >= 0.6 is 0 Å². The fourth-order valence-electron chi connectivity index (χ4n) is 1.27. The Balaban J connectivity index is 2.21. The molecule has 2 rings (SSSR count). The topological polar surface area (TPSA) is 37.4 Å². The highest BCUT2D eigenvalue weighted by Gasteiger charge is 2.53. The van der Waals surface area contributed by atoms with Gasteiger partial charge in [-0.3, -0.25) is 0 Å². The molecule has 1 aliphatic heterocycles. The first-order chi connectivity index (χ1) is 5.06. The smallest absolute Gasteiger partial charge is 0.212 e. The third-order valence-electron chi connectivity index (χ3n) is 2.73. The molecule has 0 aromatic heterocycles. The van der Waals surface area contributed by atoms with Gasteiger partial charge in [-0.2, -0.15) is 0 Å². The highest BCUT2D eigenvalue weighted by atomic mass is 32.2. The van der Waals surface area contributed by atoms with E-state index in [1.807, 2.05) is 6.92 Å². The van der Waals surface area contributed by atoms with Gasteiger partial charge in [-0.25, -0.2) is 12.7 Å². The molecule has 1 aliphatic carbocycles. The average molecular weight is 175 g/mol. The van der Waals surface area contributed by atoms with Gasteiger partial charge in [-0.15, -0.1) is 0 Å². The van der Waals surface area contributed by atoms with Crippen molar-refractivity contribution in [2.45, 2.75) is 30.9 Å². The van der Waals surface area contributed by atoms with Gasteiger partial charge in [0.15, 0.2) is 0 Å². The van der Waals surface area contributed by atoms with E-state index in [4.69, 9.17) is 0 Å². The van der Waals surface area contributed by atoms with E-state index in [1.54, 1.807) is 4.31 Å². The zero-order chi connectivity index (χ0) is 8.11. The van der Waals surface area contributed by atoms with Crippen molar-refractivity contribution in [1.29, 1.82) is 0 Å². The number of hydrogen-bond donors (Lipinski definition) is 0. The summed E-state index contributed by atoms with van der Waals surface area (Å²) in [6, 6.07) is 0. The molecule has 11 heavy (non-hydrogen) atoms. The summed E-state index contributed by atoms with van der Waals surface area (Å²) < 4.78 is 24.5. The van der Waals surface area contributed by atoms with Crippen molar-refractivity contribution in [3.8, 4) is 0 Å². The lowest BCUT2D eigenvalue weighted by molar-refractivity contribution is 0.304. The van der Waals surface area contributed by atoms with Crippen LogP contribution in [-0.4, -0.2) is 30.6 Å². The average Bonchev–Trinajstić information content (AvgIpc) is 2.41. The summed E-state index contributed by atoms with van der Waals surface area (Å²) in [5.41, 5.74) is 0. The number of nitrogens with zero attached hydrogens (tertiary/aromatic N) is 1. The minimum Gasteiger partial charge on any atom is -0.212 e. The molecule has 0 amide bonds. The first kappa shape index (κ1) is 7.55. The van der Waals surface area contributed by atoms with Gasteiger partial charge in [0.05, 0.1) is 4.75 Å². The van der Waals surface area contributed by atoms with Crippen molar-refractivity contribution in [1.82, 2.24) is 4.31 Å². The maximum Gasteiger partial charge on any atom is 0.219 e. The number of rotatable bonds is 2. The quantitative estimate of drug-likeness (QED) is 0.615. The van der Waals surface area contributed by atoms with Crippen molar-refractivity contribution in [3.63, 3.8) is 0 Å². The van der Waals surface area contributed by atoms with Crippen molar-refractivity contribution in [3.05, 3.63) is 0 Å². The van der Waals surface area contributed by atoms with E-state index < -0.39 is 10.0 Å². The van der Waals surface area contributed by atoms with Crippen molar-refractivity contribution < 1.29 is 8.42 Å². The predicted octanol–water partition coefficient (Wildman–Crippen LogP) is 0.574. The molecule has 0 aromatic carbocycles. The molecule has 0 spiro atoms. The Morgan fingerprint density at radius 2 is 1.82 bits per heavy atom. The Labute approximate surface area is 67.4 Å². The molecule has 3 nitrogen and oxygen atoms in total.